The second-order valence-corrected chi connectivity index (χ2v) is 3.95. The van der Waals surface area contributed by atoms with Gasteiger partial charge >= 0.3 is 15.4 Å². The van der Waals surface area contributed by atoms with Crippen molar-refractivity contribution in [1.29, 1.82) is 0 Å². The number of hydrogen-bond donors (Lipinski definition) is 0. The first-order valence-electron chi connectivity index (χ1n) is 3.40. The maximum absolute atomic E-state index is 13.0. The normalized spacial score (nSPS) is 12.8. The summed E-state index contributed by atoms with van der Waals surface area (Å²) in [4.78, 5) is 0. The minimum absolute atomic E-state index is 0.849. The van der Waals surface area contributed by atoms with Crippen LogP contribution >= 0.6 is 0 Å². The Bertz CT molecular complexity index is 401. The van der Waals surface area contributed by atoms with Gasteiger partial charge in [-0.1, -0.05) is 34.7 Å². The number of halogens is 3. The van der Waals surface area contributed by atoms with Gasteiger partial charge in [-0.05, 0) is 4.53 Å². The standard InChI is InChI=1S/C7H5F3O3S/c8-7(9,14(11,12)13-10)6-4-2-1-3-5-6/h1-5H. The van der Waals surface area contributed by atoms with Crippen LogP contribution in [0.3, 0.4) is 0 Å². The van der Waals surface area contributed by atoms with Gasteiger partial charge in [-0.3, -0.25) is 0 Å². The summed E-state index contributed by atoms with van der Waals surface area (Å²) in [5.74, 6) is 0. The van der Waals surface area contributed by atoms with Crippen molar-refractivity contribution in [3.8, 4) is 0 Å². The van der Waals surface area contributed by atoms with E-state index in [-0.39, 0.29) is 0 Å². The maximum Gasteiger partial charge on any atom is 0.397 e. The van der Waals surface area contributed by atoms with Gasteiger partial charge in [0.15, 0.2) is 0 Å². The summed E-state index contributed by atoms with van der Waals surface area (Å²) in [5, 5.41) is -4.39. The van der Waals surface area contributed by atoms with Crippen molar-refractivity contribution in [2.45, 2.75) is 5.25 Å². The molecule has 1 aromatic carbocycles. The van der Waals surface area contributed by atoms with Crippen LogP contribution in [0.1, 0.15) is 5.56 Å². The fraction of sp³-hybridized carbons (Fsp3) is 0.143. The lowest BCUT2D eigenvalue weighted by atomic mass is 10.2. The zero-order valence-corrected chi connectivity index (χ0v) is 7.47. The SMILES string of the molecule is O=S(=O)(OF)C(F)(F)c1ccccc1. The van der Waals surface area contributed by atoms with Crippen molar-refractivity contribution in [3.05, 3.63) is 35.9 Å². The molecule has 0 atom stereocenters. The Balaban J connectivity index is 3.22. The predicted molar refractivity (Wildman–Crippen MR) is 41.4 cm³/mol. The summed E-state index contributed by atoms with van der Waals surface area (Å²) in [6.07, 6.45) is 0. The largest absolute Gasteiger partial charge is 0.397 e. The van der Waals surface area contributed by atoms with Gasteiger partial charge in [0.2, 0.25) is 0 Å². The summed E-state index contributed by atoms with van der Waals surface area (Å²) >= 11 is 0. The van der Waals surface area contributed by atoms with Gasteiger partial charge in [-0.15, -0.1) is 0 Å². The molecule has 0 amide bonds. The molecule has 0 aromatic heterocycles. The second-order valence-electron chi connectivity index (χ2n) is 2.40. The Morgan fingerprint density at radius 3 is 2.07 bits per heavy atom. The van der Waals surface area contributed by atoms with E-state index < -0.39 is 20.9 Å². The maximum atomic E-state index is 13.0. The zero-order valence-electron chi connectivity index (χ0n) is 6.65. The van der Waals surface area contributed by atoms with E-state index in [0.717, 1.165) is 12.1 Å². The van der Waals surface area contributed by atoms with E-state index in [9.17, 15) is 21.7 Å². The molecule has 0 heterocycles. The minimum Gasteiger partial charge on any atom is -0.190 e. The molecule has 1 rings (SSSR count). The van der Waals surface area contributed by atoms with Crippen molar-refractivity contribution >= 4 is 10.1 Å². The van der Waals surface area contributed by atoms with E-state index in [0.29, 0.717) is 0 Å². The molecule has 0 bridgehead atoms. The van der Waals surface area contributed by atoms with Gasteiger partial charge in [-0.25, -0.2) is 0 Å². The van der Waals surface area contributed by atoms with Crippen molar-refractivity contribution in [1.82, 2.24) is 0 Å². The van der Waals surface area contributed by atoms with Crippen LogP contribution < -0.4 is 0 Å². The van der Waals surface area contributed by atoms with Crippen LogP contribution in [-0.2, 0) is 19.8 Å². The highest BCUT2D eigenvalue weighted by Crippen LogP contribution is 2.34. The van der Waals surface area contributed by atoms with Crippen molar-refractivity contribution in [2.24, 2.45) is 0 Å². The minimum atomic E-state index is -5.55. The first-order valence-corrected chi connectivity index (χ1v) is 4.81. The molecule has 0 saturated heterocycles. The Hall–Kier alpha value is -1.08. The van der Waals surface area contributed by atoms with Crippen LogP contribution in [0.25, 0.3) is 0 Å². The first kappa shape index (κ1) is 11.0. The monoisotopic (exact) mass is 226 g/mol. The summed E-state index contributed by atoms with van der Waals surface area (Å²) in [5.41, 5.74) is -0.849. The lowest BCUT2D eigenvalue weighted by Crippen LogP contribution is -2.26. The molecule has 3 nitrogen and oxygen atoms in total. The molecule has 1 aromatic rings. The Labute approximate surface area is 78.1 Å². The van der Waals surface area contributed by atoms with Gasteiger partial charge in [0.25, 0.3) is 0 Å². The highest BCUT2D eigenvalue weighted by atomic mass is 32.2. The van der Waals surface area contributed by atoms with Gasteiger partial charge < -0.3 is 0 Å². The van der Waals surface area contributed by atoms with Crippen molar-refractivity contribution in [2.75, 3.05) is 0 Å². The number of rotatable bonds is 3. The fourth-order valence-electron chi connectivity index (χ4n) is 0.816. The number of hydrogen-bond acceptors (Lipinski definition) is 3. The average molecular weight is 226 g/mol. The molecule has 0 radical (unpaired) electrons. The smallest absolute Gasteiger partial charge is 0.190 e. The van der Waals surface area contributed by atoms with Gasteiger partial charge in [0.1, 0.15) is 0 Å². The molecular formula is C7H5F3O3S. The molecule has 14 heavy (non-hydrogen) atoms. The van der Waals surface area contributed by atoms with E-state index in [4.69, 9.17) is 0 Å². The fourth-order valence-corrected chi connectivity index (χ4v) is 1.32. The third-order valence-corrected chi connectivity index (χ3v) is 2.54. The number of alkyl halides is 2. The van der Waals surface area contributed by atoms with Gasteiger partial charge in [-0.2, -0.15) is 17.2 Å². The summed E-state index contributed by atoms with van der Waals surface area (Å²) in [6.45, 7) is 0. The van der Waals surface area contributed by atoms with Crippen molar-refractivity contribution < 1.29 is 26.1 Å². The topological polar surface area (TPSA) is 43.4 Å². The summed E-state index contributed by atoms with van der Waals surface area (Å²) < 4.78 is 60.6. The highest BCUT2D eigenvalue weighted by Gasteiger charge is 2.49. The van der Waals surface area contributed by atoms with Crippen LogP contribution in [-0.4, -0.2) is 8.42 Å². The van der Waals surface area contributed by atoms with Crippen LogP contribution in [0, 0.1) is 0 Å². The molecule has 0 unspecified atom stereocenters. The van der Waals surface area contributed by atoms with Crippen LogP contribution in [0.5, 0.6) is 0 Å². The Morgan fingerprint density at radius 2 is 1.64 bits per heavy atom. The Kier molecular flexibility index (Phi) is 2.81. The van der Waals surface area contributed by atoms with Crippen molar-refractivity contribution in [3.63, 3.8) is 0 Å². The molecule has 7 heteroatoms. The molecule has 0 N–H and O–H groups in total. The predicted octanol–water partition coefficient (Wildman–Crippen LogP) is 1.97. The molecule has 0 saturated carbocycles. The van der Waals surface area contributed by atoms with Crippen LogP contribution in [0.4, 0.5) is 13.3 Å². The summed E-state index contributed by atoms with van der Waals surface area (Å²) in [7, 11) is -5.55. The first-order chi connectivity index (χ1) is 6.42. The number of benzene rings is 1. The lowest BCUT2D eigenvalue weighted by molar-refractivity contribution is -0.0289. The zero-order chi connectivity index (χ0) is 10.8. The molecule has 78 valence electrons. The molecule has 0 spiro atoms. The lowest BCUT2D eigenvalue weighted by Gasteiger charge is -2.12. The quantitative estimate of drug-likeness (QED) is 0.791. The molecular weight excluding hydrogens is 221 g/mol. The van der Waals surface area contributed by atoms with E-state index in [1.54, 1.807) is 0 Å². The highest BCUT2D eigenvalue weighted by molar-refractivity contribution is 7.87. The summed E-state index contributed by atoms with van der Waals surface area (Å²) in [6, 6.07) is 5.55. The van der Waals surface area contributed by atoms with E-state index in [1.165, 1.54) is 18.2 Å². The third kappa shape index (κ3) is 1.73. The van der Waals surface area contributed by atoms with Gasteiger partial charge in [0, 0.05) is 5.56 Å². The Morgan fingerprint density at radius 1 is 1.14 bits per heavy atom. The van der Waals surface area contributed by atoms with Crippen LogP contribution in [0.2, 0.25) is 0 Å². The second kappa shape index (κ2) is 3.58. The van der Waals surface area contributed by atoms with E-state index >= 15 is 0 Å². The van der Waals surface area contributed by atoms with Gasteiger partial charge in [0.05, 0.1) is 0 Å². The molecule has 0 aliphatic heterocycles. The molecule has 0 aliphatic rings. The average Bonchev–Trinajstić information content (AvgIpc) is 2.19. The molecule has 0 fully saturated rings. The molecule has 0 aliphatic carbocycles. The van der Waals surface area contributed by atoms with E-state index in [1.807, 2.05) is 0 Å². The van der Waals surface area contributed by atoms with Crippen LogP contribution in [0.15, 0.2) is 30.3 Å². The third-order valence-electron chi connectivity index (χ3n) is 1.51. The van der Waals surface area contributed by atoms with E-state index in [2.05, 4.69) is 4.39 Å².